The molecule has 0 spiro atoms. The van der Waals surface area contributed by atoms with Gasteiger partial charge in [-0.05, 0) is 24.8 Å². The number of ether oxygens (including phenoxy) is 2. The lowest BCUT2D eigenvalue weighted by molar-refractivity contribution is 0.0428. The molecule has 1 saturated heterocycles. The molecule has 0 aliphatic carbocycles. The van der Waals surface area contributed by atoms with E-state index >= 15 is 0 Å². The molecule has 2 amide bonds. The lowest BCUT2D eigenvalue weighted by atomic mass is 10.2. The number of hydrogen-bond acceptors (Lipinski definition) is 6. The quantitative estimate of drug-likeness (QED) is 0.779. The van der Waals surface area contributed by atoms with Gasteiger partial charge in [-0.3, -0.25) is 0 Å². The normalized spacial score (nSPS) is 20.4. The van der Waals surface area contributed by atoms with Crippen LogP contribution in [0.15, 0.2) is 27.8 Å². The minimum Gasteiger partial charge on any atom is -0.431 e. The van der Waals surface area contributed by atoms with Crippen LogP contribution in [0.3, 0.4) is 0 Å². The summed E-state index contributed by atoms with van der Waals surface area (Å²) in [5, 5.41) is 6.33. The number of nitrogens with zero attached hydrogens (tertiary/aromatic N) is 1. The summed E-state index contributed by atoms with van der Waals surface area (Å²) in [5.74, 6) is 0.894. The third-order valence-corrected chi connectivity index (χ3v) is 4.33. The van der Waals surface area contributed by atoms with Crippen LogP contribution in [0.1, 0.15) is 13.8 Å². The highest BCUT2D eigenvalue weighted by Gasteiger charge is 2.30. The van der Waals surface area contributed by atoms with Gasteiger partial charge in [-0.25, -0.2) is 9.78 Å². The third-order valence-electron chi connectivity index (χ3n) is 3.62. The van der Waals surface area contributed by atoms with Crippen molar-refractivity contribution in [1.29, 1.82) is 0 Å². The van der Waals surface area contributed by atoms with Gasteiger partial charge in [0.05, 0.1) is 19.3 Å². The molecule has 1 aliphatic heterocycles. The highest BCUT2D eigenvalue weighted by Crippen LogP contribution is 2.25. The Kier molecular flexibility index (Phi) is 5.60. The van der Waals surface area contributed by atoms with Crippen molar-refractivity contribution in [3.05, 3.63) is 18.2 Å². The SMILES string of the molecule is CCO[C@@H]1COC[C@H]1NC(=O)Nc1ccc2nc(SCC)oc2c1. The largest absolute Gasteiger partial charge is 0.431 e. The van der Waals surface area contributed by atoms with Crippen LogP contribution < -0.4 is 10.6 Å². The van der Waals surface area contributed by atoms with E-state index in [9.17, 15) is 4.79 Å². The summed E-state index contributed by atoms with van der Waals surface area (Å²) >= 11 is 1.54. The van der Waals surface area contributed by atoms with Crippen molar-refractivity contribution in [2.45, 2.75) is 31.2 Å². The Balaban J connectivity index is 1.62. The summed E-state index contributed by atoms with van der Waals surface area (Å²) in [4.78, 5) is 16.5. The maximum Gasteiger partial charge on any atom is 0.319 e. The number of hydrogen-bond donors (Lipinski definition) is 2. The minimum absolute atomic E-state index is 0.105. The van der Waals surface area contributed by atoms with Crippen molar-refractivity contribution in [3.63, 3.8) is 0 Å². The molecule has 3 rings (SSSR count). The predicted octanol–water partition coefficient (Wildman–Crippen LogP) is 2.87. The fourth-order valence-corrected chi connectivity index (χ4v) is 3.11. The molecule has 1 aromatic heterocycles. The van der Waals surface area contributed by atoms with Crippen LogP contribution in [0, 0.1) is 0 Å². The second kappa shape index (κ2) is 7.87. The minimum atomic E-state index is -0.294. The zero-order valence-electron chi connectivity index (χ0n) is 13.7. The molecule has 7 nitrogen and oxygen atoms in total. The molecule has 0 radical (unpaired) electrons. The smallest absolute Gasteiger partial charge is 0.319 e. The molecular weight excluding hydrogens is 330 g/mol. The first-order valence-electron chi connectivity index (χ1n) is 7.99. The van der Waals surface area contributed by atoms with E-state index in [0.717, 1.165) is 11.3 Å². The molecular formula is C16H21N3O4S. The lowest BCUT2D eigenvalue weighted by Gasteiger charge is -2.19. The zero-order chi connectivity index (χ0) is 16.9. The van der Waals surface area contributed by atoms with E-state index in [1.54, 1.807) is 23.9 Å². The average Bonchev–Trinajstić information content (AvgIpc) is 3.14. The van der Waals surface area contributed by atoms with Crippen LogP contribution in [0.25, 0.3) is 11.1 Å². The number of carbonyl (C=O) groups is 1. The Morgan fingerprint density at radius 1 is 1.42 bits per heavy atom. The van der Waals surface area contributed by atoms with Gasteiger partial charge >= 0.3 is 6.03 Å². The first kappa shape index (κ1) is 17.1. The molecule has 130 valence electrons. The van der Waals surface area contributed by atoms with Crippen molar-refractivity contribution in [3.8, 4) is 0 Å². The summed E-state index contributed by atoms with van der Waals surface area (Å²) in [6.45, 7) is 5.51. The van der Waals surface area contributed by atoms with E-state index in [0.29, 0.717) is 36.3 Å². The number of fused-ring (bicyclic) bond motifs is 1. The molecule has 24 heavy (non-hydrogen) atoms. The molecule has 2 aromatic rings. The molecule has 1 aromatic carbocycles. The van der Waals surface area contributed by atoms with E-state index in [1.165, 1.54) is 0 Å². The molecule has 8 heteroatoms. The molecule has 1 fully saturated rings. The van der Waals surface area contributed by atoms with E-state index in [4.69, 9.17) is 13.9 Å². The van der Waals surface area contributed by atoms with Crippen LogP contribution in [-0.2, 0) is 9.47 Å². The van der Waals surface area contributed by atoms with Gasteiger partial charge in [-0.1, -0.05) is 18.7 Å². The average molecular weight is 351 g/mol. The molecule has 0 saturated carbocycles. The van der Waals surface area contributed by atoms with Gasteiger partial charge in [0.25, 0.3) is 5.22 Å². The van der Waals surface area contributed by atoms with Crippen molar-refractivity contribution < 1.29 is 18.7 Å². The van der Waals surface area contributed by atoms with E-state index < -0.39 is 0 Å². The molecule has 2 N–H and O–H groups in total. The summed E-state index contributed by atoms with van der Waals surface area (Å²) < 4.78 is 16.6. The molecule has 0 bridgehead atoms. The number of thioether (sulfide) groups is 1. The molecule has 0 unspecified atom stereocenters. The number of aromatic nitrogens is 1. The standard InChI is InChI=1S/C16H21N3O4S/c1-3-22-14-9-21-8-12(14)18-15(20)17-10-5-6-11-13(7-10)23-16(19-11)24-4-2/h5-7,12,14H,3-4,8-9H2,1-2H3,(H2,17,18,20)/t12-,14-/m1/s1. The van der Waals surface area contributed by atoms with Crippen molar-refractivity contribution in [1.82, 2.24) is 10.3 Å². The summed E-state index contributed by atoms with van der Waals surface area (Å²) in [5.41, 5.74) is 2.08. The van der Waals surface area contributed by atoms with Crippen LogP contribution in [0.4, 0.5) is 10.5 Å². The first-order chi connectivity index (χ1) is 11.7. The Bertz CT molecular complexity index is 706. The van der Waals surface area contributed by atoms with E-state index in [2.05, 4.69) is 15.6 Å². The van der Waals surface area contributed by atoms with Gasteiger partial charge in [0.1, 0.15) is 11.6 Å². The number of nitrogens with one attached hydrogen (secondary N) is 2. The summed E-state index contributed by atoms with van der Waals surface area (Å²) in [6, 6.07) is 4.96. The Hall–Kier alpha value is -1.77. The van der Waals surface area contributed by atoms with Crippen molar-refractivity contribution in [2.24, 2.45) is 0 Å². The van der Waals surface area contributed by atoms with Crippen LogP contribution >= 0.6 is 11.8 Å². The Morgan fingerprint density at radius 3 is 3.08 bits per heavy atom. The lowest BCUT2D eigenvalue weighted by Crippen LogP contribution is -2.45. The van der Waals surface area contributed by atoms with E-state index in [-0.39, 0.29) is 18.2 Å². The van der Waals surface area contributed by atoms with Gasteiger partial charge in [-0.15, -0.1) is 0 Å². The number of benzene rings is 1. The second-order valence-corrected chi connectivity index (χ2v) is 6.55. The fraction of sp³-hybridized carbons (Fsp3) is 0.500. The third kappa shape index (κ3) is 4.00. The highest BCUT2D eigenvalue weighted by atomic mass is 32.2. The number of carbonyl (C=O) groups excluding carboxylic acids is 1. The fourth-order valence-electron chi connectivity index (χ4n) is 2.55. The van der Waals surface area contributed by atoms with Gasteiger partial charge in [0.15, 0.2) is 5.58 Å². The molecule has 1 aliphatic rings. The van der Waals surface area contributed by atoms with Crippen molar-refractivity contribution >= 4 is 34.6 Å². The number of rotatable bonds is 6. The van der Waals surface area contributed by atoms with Gasteiger partial charge in [-0.2, -0.15) is 0 Å². The van der Waals surface area contributed by atoms with E-state index in [1.807, 2.05) is 19.9 Å². The summed E-state index contributed by atoms with van der Waals surface area (Å²) in [6.07, 6.45) is -0.105. The van der Waals surface area contributed by atoms with Crippen LogP contribution in [-0.4, -0.2) is 48.7 Å². The van der Waals surface area contributed by atoms with Gasteiger partial charge in [0.2, 0.25) is 0 Å². The van der Waals surface area contributed by atoms with Gasteiger partial charge in [0, 0.05) is 18.4 Å². The maximum atomic E-state index is 12.2. The summed E-state index contributed by atoms with van der Waals surface area (Å²) in [7, 11) is 0. The van der Waals surface area contributed by atoms with Crippen LogP contribution in [0.5, 0.6) is 0 Å². The molecule has 2 atom stereocenters. The Labute approximate surface area is 144 Å². The molecule has 2 heterocycles. The number of anilines is 1. The first-order valence-corrected chi connectivity index (χ1v) is 8.98. The highest BCUT2D eigenvalue weighted by molar-refractivity contribution is 7.99. The monoisotopic (exact) mass is 351 g/mol. The predicted molar refractivity (Wildman–Crippen MR) is 92.6 cm³/mol. The number of amides is 2. The Morgan fingerprint density at radius 2 is 2.29 bits per heavy atom. The van der Waals surface area contributed by atoms with Crippen LogP contribution in [0.2, 0.25) is 0 Å². The van der Waals surface area contributed by atoms with Gasteiger partial charge < -0.3 is 24.5 Å². The maximum absolute atomic E-state index is 12.2. The number of oxazole rings is 1. The second-order valence-electron chi connectivity index (χ2n) is 5.33. The van der Waals surface area contributed by atoms with Crippen molar-refractivity contribution in [2.75, 3.05) is 30.9 Å². The zero-order valence-corrected chi connectivity index (χ0v) is 14.5. The number of urea groups is 1. The topological polar surface area (TPSA) is 85.6 Å².